The van der Waals surface area contributed by atoms with E-state index in [0.29, 0.717) is 19.5 Å². The molecular formula is C14H22N2O. The molecule has 0 aliphatic heterocycles. The lowest BCUT2D eigenvalue weighted by Crippen LogP contribution is -2.27. The van der Waals surface area contributed by atoms with Gasteiger partial charge in [0.05, 0.1) is 0 Å². The highest BCUT2D eigenvalue weighted by Gasteiger charge is 2.15. The highest BCUT2D eigenvalue weighted by Crippen LogP contribution is 2.17. The van der Waals surface area contributed by atoms with E-state index in [1.165, 1.54) is 0 Å². The molecule has 0 aliphatic carbocycles. The first-order valence-corrected chi connectivity index (χ1v) is 5.95. The highest BCUT2D eigenvalue weighted by molar-refractivity contribution is 5.76. The van der Waals surface area contributed by atoms with E-state index >= 15 is 0 Å². The molecule has 0 aliphatic rings. The Bertz CT molecular complexity index is 380. The predicted octanol–water partition coefficient (Wildman–Crippen LogP) is 2.20. The van der Waals surface area contributed by atoms with Gasteiger partial charge in [-0.05, 0) is 16.5 Å². The van der Waals surface area contributed by atoms with E-state index in [1.807, 2.05) is 24.3 Å². The molecule has 1 aromatic rings. The first kappa shape index (κ1) is 13.7. The van der Waals surface area contributed by atoms with Gasteiger partial charge in [-0.15, -0.1) is 0 Å². The predicted molar refractivity (Wildman–Crippen MR) is 70.3 cm³/mol. The van der Waals surface area contributed by atoms with Crippen LogP contribution < -0.4 is 11.1 Å². The van der Waals surface area contributed by atoms with Gasteiger partial charge in [-0.3, -0.25) is 4.79 Å². The van der Waals surface area contributed by atoms with Crippen molar-refractivity contribution in [1.82, 2.24) is 5.32 Å². The van der Waals surface area contributed by atoms with Gasteiger partial charge in [0.1, 0.15) is 0 Å². The Balaban J connectivity index is 2.47. The first-order chi connectivity index (χ1) is 7.90. The second kappa shape index (κ2) is 5.82. The molecule has 3 nitrogen and oxygen atoms in total. The van der Waals surface area contributed by atoms with Crippen molar-refractivity contribution < 1.29 is 4.79 Å². The fraction of sp³-hybridized carbons (Fsp3) is 0.500. The third-order valence-corrected chi connectivity index (χ3v) is 2.41. The number of carbonyl (C=O) groups excluding carboxylic acids is 1. The van der Waals surface area contributed by atoms with Gasteiger partial charge in [0.25, 0.3) is 0 Å². The summed E-state index contributed by atoms with van der Waals surface area (Å²) < 4.78 is 0. The Morgan fingerprint density at radius 1 is 1.29 bits per heavy atom. The largest absolute Gasteiger partial charge is 0.352 e. The number of nitrogens with two attached hydrogens (primary N) is 1. The Hall–Kier alpha value is -1.35. The average molecular weight is 234 g/mol. The summed E-state index contributed by atoms with van der Waals surface area (Å²) in [5.41, 5.74) is 7.78. The molecular weight excluding hydrogens is 212 g/mol. The highest BCUT2D eigenvalue weighted by atomic mass is 16.1. The Kier molecular flexibility index (Phi) is 4.70. The van der Waals surface area contributed by atoms with E-state index in [9.17, 15) is 4.79 Å². The maximum atomic E-state index is 11.7. The van der Waals surface area contributed by atoms with E-state index in [4.69, 9.17) is 5.73 Å². The van der Waals surface area contributed by atoms with E-state index in [2.05, 4.69) is 26.1 Å². The lowest BCUT2D eigenvalue weighted by atomic mass is 9.92. The first-order valence-electron chi connectivity index (χ1n) is 5.95. The molecule has 0 saturated heterocycles. The molecule has 3 N–H and O–H groups in total. The SMILES string of the molecule is CC(C)(C)CC(=O)NCc1cccc(CN)c1. The molecule has 0 aromatic heterocycles. The number of carbonyl (C=O) groups is 1. The third-order valence-electron chi connectivity index (χ3n) is 2.41. The molecule has 0 fully saturated rings. The molecule has 3 heteroatoms. The van der Waals surface area contributed by atoms with Crippen LogP contribution in [-0.2, 0) is 17.9 Å². The molecule has 1 amide bonds. The number of benzene rings is 1. The van der Waals surface area contributed by atoms with Gasteiger partial charge in [-0.1, -0.05) is 45.0 Å². The summed E-state index contributed by atoms with van der Waals surface area (Å²) in [6.45, 7) is 7.28. The van der Waals surface area contributed by atoms with Crippen molar-refractivity contribution in [3.8, 4) is 0 Å². The maximum Gasteiger partial charge on any atom is 0.220 e. The van der Waals surface area contributed by atoms with Gasteiger partial charge in [-0.2, -0.15) is 0 Å². The summed E-state index contributed by atoms with van der Waals surface area (Å²) in [5, 5.41) is 2.93. The molecule has 0 radical (unpaired) electrons. The second-order valence-electron chi connectivity index (χ2n) is 5.54. The van der Waals surface area contributed by atoms with Gasteiger partial charge >= 0.3 is 0 Å². The van der Waals surface area contributed by atoms with Gasteiger partial charge in [0.15, 0.2) is 0 Å². The number of hydrogen-bond donors (Lipinski definition) is 2. The molecule has 1 aromatic carbocycles. The van der Waals surface area contributed by atoms with Crippen LogP contribution in [0.3, 0.4) is 0 Å². The zero-order valence-corrected chi connectivity index (χ0v) is 10.9. The summed E-state index contributed by atoms with van der Waals surface area (Å²) in [7, 11) is 0. The van der Waals surface area contributed by atoms with Crippen LogP contribution >= 0.6 is 0 Å². The normalized spacial score (nSPS) is 11.3. The molecule has 0 saturated carbocycles. The van der Waals surface area contributed by atoms with Crippen molar-refractivity contribution in [3.05, 3.63) is 35.4 Å². The van der Waals surface area contributed by atoms with E-state index in [0.717, 1.165) is 11.1 Å². The molecule has 0 spiro atoms. The van der Waals surface area contributed by atoms with Crippen LogP contribution in [0.5, 0.6) is 0 Å². The molecule has 0 unspecified atom stereocenters. The summed E-state index contributed by atoms with van der Waals surface area (Å²) in [4.78, 5) is 11.7. The topological polar surface area (TPSA) is 55.1 Å². The number of hydrogen-bond acceptors (Lipinski definition) is 2. The Morgan fingerprint density at radius 2 is 1.94 bits per heavy atom. The van der Waals surface area contributed by atoms with Crippen LogP contribution in [0.4, 0.5) is 0 Å². The molecule has 1 rings (SSSR count). The second-order valence-corrected chi connectivity index (χ2v) is 5.54. The van der Waals surface area contributed by atoms with Crippen molar-refractivity contribution in [2.24, 2.45) is 11.1 Å². The van der Waals surface area contributed by atoms with Gasteiger partial charge in [-0.25, -0.2) is 0 Å². The summed E-state index contributed by atoms with van der Waals surface area (Å²) in [6.07, 6.45) is 0.545. The van der Waals surface area contributed by atoms with Crippen molar-refractivity contribution in [2.45, 2.75) is 40.3 Å². The van der Waals surface area contributed by atoms with Crippen LogP contribution in [-0.4, -0.2) is 5.91 Å². The smallest absolute Gasteiger partial charge is 0.220 e. The standard InChI is InChI=1S/C14H22N2O/c1-14(2,3)8-13(17)16-10-12-6-4-5-11(7-12)9-15/h4-7H,8-10,15H2,1-3H3,(H,16,17). The van der Waals surface area contributed by atoms with Gasteiger partial charge in [0, 0.05) is 19.5 Å². The van der Waals surface area contributed by atoms with Crippen LogP contribution in [0.1, 0.15) is 38.3 Å². The minimum Gasteiger partial charge on any atom is -0.352 e. The Morgan fingerprint density at radius 3 is 2.53 bits per heavy atom. The van der Waals surface area contributed by atoms with Gasteiger partial charge < -0.3 is 11.1 Å². The van der Waals surface area contributed by atoms with Crippen LogP contribution in [0.2, 0.25) is 0 Å². The fourth-order valence-electron chi connectivity index (χ4n) is 1.61. The molecule has 0 atom stereocenters. The average Bonchev–Trinajstić information content (AvgIpc) is 2.24. The fourth-order valence-corrected chi connectivity index (χ4v) is 1.61. The lowest BCUT2D eigenvalue weighted by Gasteiger charge is -2.17. The lowest BCUT2D eigenvalue weighted by molar-refractivity contribution is -0.122. The van der Waals surface area contributed by atoms with Crippen LogP contribution in [0, 0.1) is 5.41 Å². The number of nitrogens with one attached hydrogen (secondary N) is 1. The van der Waals surface area contributed by atoms with Crippen LogP contribution in [0.25, 0.3) is 0 Å². The van der Waals surface area contributed by atoms with Crippen LogP contribution in [0.15, 0.2) is 24.3 Å². The monoisotopic (exact) mass is 234 g/mol. The molecule has 94 valence electrons. The molecule has 17 heavy (non-hydrogen) atoms. The van der Waals surface area contributed by atoms with Crippen molar-refractivity contribution >= 4 is 5.91 Å². The van der Waals surface area contributed by atoms with E-state index in [1.54, 1.807) is 0 Å². The molecule has 0 heterocycles. The summed E-state index contributed by atoms with van der Waals surface area (Å²) >= 11 is 0. The minimum atomic E-state index is 0.0309. The van der Waals surface area contributed by atoms with Gasteiger partial charge in [0.2, 0.25) is 5.91 Å². The zero-order chi connectivity index (χ0) is 12.9. The quantitative estimate of drug-likeness (QED) is 0.839. The summed E-state index contributed by atoms with van der Waals surface area (Å²) in [6, 6.07) is 7.97. The van der Waals surface area contributed by atoms with Crippen molar-refractivity contribution in [2.75, 3.05) is 0 Å². The number of amides is 1. The minimum absolute atomic E-state index is 0.0309. The molecule has 0 bridgehead atoms. The van der Waals surface area contributed by atoms with E-state index in [-0.39, 0.29) is 11.3 Å². The van der Waals surface area contributed by atoms with Crippen molar-refractivity contribution in [3.63, 3.8) is 0 Å². The maximum absolute atomic E-state index is 11.7. The summed E-state index contributed by atoms with van der Waals surface area (Å²) in [5.74, 6) is 0.0932. The van der Waals surface area contributed by atoms with Crippen molar-refractivity contribution in [1.29, 1.82) is 0 Å². The zero-order valence-electron chi connectivity index (χ0n) is 10.9. The Labute approximate surface area is 103 Å². The number of rotatable bonds is 4. The third kappa shape index (κ3) is 5.50. The van der Waals surface area contributed by atoms with E-state index < -0.39 is 0 Å².